The summed E-state index contributed by atoms with van der Waals surface area (Å²) in [5, 5.41) is 9.87. The molecule has 0 aromatic carbocycles. The van der Waals surface area contributed by atoms with Gasteiger partial charge in [0.05, 0.1) is 6.10 Å². The highest BCUT2D eigenvalue weighted by molar-refractivity contribution is 5.84. The maximum atomic E-state index is 11.6. The van der Waals surface area contributed by atoms with Crippen LogP contribution in [-0.2, 0) is 4.79 Å². The monoisotopic (exact) mass is 180 g/mol. The molecule has 5 unspecified atom stereocenters. The Kier molecular flexibility index (Phi) is 1.58. The van der Waals surface area contributed by atoms with Crippen LogP contribution in [0.5, 0.6) is 0 Å². The first-order chi connectivity index (χ1) is 6.29. The van der Waals surface area contributed by atoms with Crippen molar-refractivity contribution in [3.05, 3.63) is 0 Å². The Labute approximate surface area is 78.3 Å². The molecule has 0 spiro atoms. The second-order valence-corrected chi connectivity index (χ2v) is 4.93. The lowest BCUT2D eigenvalue weighted by atomic mass is 9.49. The molecule has 13 heavy (non-hydrogen) atoms. The predicted molar refractivity (Wildman–Crippen MR) is 48.1 cm³/mol. The standard InChI is InChI=1S/C11H16O2/c12-8-3-1-2-6-7-4-5-9(13)10(6)11(7)8/h6-8,10-12H,1-5H2. The fourth-order valence-corrected chi connectivity index (χ4v) is 3.97. The Morgan fingerprint density at radius 3 is 2.77 bits per heavy atom. The second kappa shape index (κ2) is 2.57. The van der Waals surface area contributed by atoms with Gasteiger partial charge in [0.2, 0.25) is 0 Å². The SMILES string of the molecule is O=C1CCC2C3CCCC(O)C2C13. The van der Waals surface area contributed by atoms with Crippen LogP contribution >= 0.6 is 0 Å². The van der Waals surface area contributed by atoms with Gasteiger partial charge in [-0.05, 0) is 37.0 Å². The first kappa shape index (κ1) is 7.98. The van der Waals surface area contributed by atoms with Gasteiger partial charge in [-0.2, -0.15) is 0 Å². The Morgan fingerprint density at radius 2 is 2.00 bits per heavy atom. The van der Waals surface area contributed by atoms with Gasteiger partial charge in [-0.25, -0.2) is 0 Å². The molecule has 0 amide bonds. The van der Waals surface area contributed by atoms with E-state index in [0.29, 0.717) is 23.5 Å². The van der Waals surface area contributed by atoms with Gasteiger partial charge < -0.3 is 5.11 Å². The van der Waals surface area contributed by atoms with Crippen LogP contribution in [0.3, 0.4) is 0 Å². The molecule has 4 fully saturated rings. The summed E-state index contributed by atoms with van der Waals surface area (Å²) in [6, 6.07) is 0. The molecule has 0 aromatic rings. The van der Waals surface area contributed by atoms with Gasteiger partial charge in [-0.3, -0.25) is 4.79 Å². The van der Waals surface area contributed by atoms with Crippen LogP contribution in [0.1, 0.15) is 32.1 Å². The third kappa shape index (κ3) is 0.899. The van der Waals surface area contributed by atoms with Crippen LogP contribution in [0.2, 0.25) is 0 Å². The average molecular weight is 180 g/mol. The number of Topliss-reactive ketones (excluding diaryl/α,β-unsaturated/α-hetero) is 1. The minimum Gasteiger partial charge on any atom is -0.393 e. The third-order valence-electron chi connectivity index (χ3n) is 4.50. The van der Waals surface area contributed by atoms with Crippen molar-refractivity contribution in [3.8, 4) is 0 Å². The molecule has 0 saturated heterocycles. The van der Waals surface area contributed by atoms with Crippen molar-refractivity contribution in [1.82, 2.24) is 0 Å². The summed E-state index contributed by atoms with van der Waals surface area (Å²) >= 11 is 0. The van der Waals surface area contributed by atoms with E-state index in [9.17, 15) is 9.90 Å². The molecule has 2 nitrogen and oxygen atoms in total. The van der Waals surface area contributed by atoms with E-state index < -0.39 is 0 Å². The Hall–Kier alpha value is -0.370. The van der Waals surface area contributed by atoms with Crippen molar-refractivity contribution in [2.75, 3.05) is 0 Å². The van der Waals surface area contributed by atoms with Crippen LogP contribution in [0, 0.1) is 23.7 Å². The number of hydrogen-bond acceptors (Lipinski definition) is 2. The molecule has 0 radical (unpaired) electrons. The van der Waals surface area contributed by atoms with Gasteiger partial charge in [-0.1, -0.05) is 6.42 Å². The summed E-state index contributed by atoms with van der Waals surface area (Å²) in [7, 11) is 0. The third-order valence-corrected chi connectivity index (χ3v) is 4.50. The number of rotatable bonds is 0. The number of carbonyl (C=O) groups excluding carboxylic acids is 1. The highest BCUT2D eigenvalue weighted by Gasteiger charge is 2.59. The van der Waals surface area contributed by atoms with E-state index in [1.165, 1.54) is 6.42 Å². The quantitative estimate of drug-likeness (QED) is 0.611. The molecule has 0 heterocycles. The molecular formula is C11H16O2. The van der Waals surface area contributed by atoms with Crippen LogP contribution < -0.4 is 0 Å². The van der Waals surface area contributed by atoms with Gasteiger partial charge >= 0.3 is 0 Å². The number of carbonyl (C=O) groups is 1. The molecule has 4 aliphatic rings. The predicted octanol–water partition coefficient (Wildman–Crippen LogP) is 1.37. The van der Waals surface area contributed by atoms with E-state index in [0.717, 1.165) is 25.7 Å². The highest BCUT2D eigenvalue weighted by Crippen LogP contribution is 2.58. The van der Waals surface area contributed by atoms with E-state index in [-0.39, 0.29) is 12.0 Å². The highest BCUT2D eigenvalue weighted by atomic mass is 16.3. The van der Waals surface area contributed by atoms with E-state index in [1.807, 2.05) is 0 Å². The lowest BCUT2D eigenvalue weighted by Crippen LogP contribution is -2.57. The zero-order chi connectivity index (χ0) is 9.00. The lowest BCUT2D eigenvalue weighted by molar-refractivity contribution is -0.159. The van der Waals surface area contributed by atoms with Crippen LogP contribution in [0.4, 0.5) is 0 Å². The van der Waals surface area contributed by atoms with E-state index in [4.69, 9.17) is 0 Å². The first-order valence-corrected chi connectivity index (χ1v) is 5.50. The summed E-state index contributed by atoms with van der Waals surface area (Å²) < 4.78 is 0. The lowest BCUT2D eigenvalue weighted by Gasteiger charge is -2.55. The van der Waals surface area contributed by atoms with Crippen LogP contribution in [0.15, 0.2) is 0 Å². The molecule has 72 valence electrons. The Morgan fingerprint density at radius 1 is 1.15 bits per heavy atom. The van der Waals surface area contributed by atoms with Crippen molar-refractivity contribution in [3.63, 3.8) is 0 Å². The summed E-state index contributed by atoms with van der Waals surface area (Å²) in [5.41, 5.74) is 0. The molecule has 0 aliphatic heterocycles. The van der Waals surface area contributed by atoms with E-state index >= 15 is 0 Å². The topological polar surface area (TPSA) is 37.3 Å². The fourth-order valence-electron chi connectivity index (χ4n) is 3.97. The number of hydrogen-bond donors (Lipinski definition) is 1. The van der Waals surface area contributed by atoms with Crippen molar-refractivity contribution < 1.29 is 9.90 Å². The summed E-state index contributed by atoms with van der Waals surface area (Å²) in [6.07, 6.45) is 4.92. The van der Waals surface area contributed by atoms with Crippen molar-refractivity contribution in [2.24, 2.45) is 23.7 Å². The summed E-state index contributed by atoms with van der Waals surface area (Å²) in [5.74, 6) is 2.41. The zero-order valence-corrected chi connectivity index (χ0v) is 7.78. The number of aliphatic hydroxyl groups excluding tert-OH is 1. The second-order valence-electron chi connectivity index (χ2n) is 4.93. The summed E-state index contributed by atoms with van der Waals surface area (Å²) in [6.45, 7) is 0. The van der Waals surface area contributed by atoms with Crippen LogP contribution in [-0.4, -0.2) is 17.0 Å². The molecule has 4 aliphatic carbocycles. The van der Waals surface area contributed by atoms with E-state index in [2.05, 4.69) is 0 Å². The molecular weight excluding hydrogens is 164 g/mol. The van der Waals surface area contributed by atoms with Crippen molar-refractivity contribution >= 4 is 5.78 Å². The first-order valence-electron chi connectivity index (χ1n) is 5.50. The largest absolute Gasteiger partial charge is 0.393 e. The maximum absolute atomic E-state index is 11.6. The minimum absolute atomic E-state index is 0.169. The minimum atomic E-state index is -0.169. The smallest absolute Gasteiger partial charge is 0.136 e. The Balaban J connectivity index is 1.92. The Bertz CT molecular complexity index is 248. The number of aliphatic hydroxyl groups is 1. The van der Waals surface area contributed by atoms with Crippen molar-refractivity contribution in [2.45, 2.75) is 38.2 Å². The molecule has 5 atom stereocenters. The van der Waals surface area contributed by atoms with Gasteiger partial charge in [-0.15, -0.1) is 0 Å². The fraction of sp³-hybridized carbons (Fsp3) is 0.909. The van der Waals surface area contributed by atoms with Crippen molar-refractivity contribution in [1.29, 1.82) is 0 Å². The normalized spacial score (nSPS) is 53.9. The van der Waals surface area contributed by atoms with Crippen LogP contribution in [0.25, 0.3) is 0 Å². The molecule has 2 heteroatoms. The van der Waals surface area contributed by atoms with E-state index in [1.54, 1.807) is 0 Å². The van der Waals surface area contributed by atoms with Gasteiger partial charge in [0.25, 0.3) is 0 Å². The molecule has 0 aromatic heterocycles. The maximum Gasteiger partial charge on any atom is 0.136 e. The molecule has 4 saturated carbocycles. The van der Waals surface area contributed by atoms with Gasteiger partial charge in [0.15, 0.2) is 0 Å². The summed E-state index contributed by atoms with van der Waals surface area (Å²) in [4.78, 5) is 11.6. The van der Waals surface area contributed by atoms with Gasteiger partial charge in [0.1, 0.15) is 5.78 Å². The van der Waals surface area contributed by atoms with Gasteiger partial charge in [0, 0.05) is 12.3 Å². The average Bonchev–Trinajstić information content (AvgIpc) is 2.35. The zero-order valence-electron chi connectivity index (χ0n) is 7.78. The molecule has 4 rings (SSSR count). The number of ketones is 1. The molecule has 1 N–H and O–H groups in total. The number of fused-ring (bicyclic) bond motifs is 2. The molecule has 4 bridgehead atoms.